The third-order valence-electron chi connectivity index (χ3n) is 5.43. The number of nitrogens with one attached hydrogen (secondary N) is 2. The Hall–Kier alpha value is -2.01. The first-order chi connectivity index (χ1) is 12.7. The molecule has 2 aliphatic rings. The van der Waals surface area contributed by atoms with Gasteiger partial charge in [0.05, 0.1) is 0 Å². The van der Waals surface area contributed by atoms with Gasteiger partial charge in [-0.1, -0.05) is 18.2 Å². The number of furan rings is 1. The number of nitrogens with zero attached hydrogens (tertiary/aromatic N) is 2. The molecule has 2 aromatic rings. The first-order valence-corrected chi connectivity index (χ1v) is 10.0. The van der Waals surface area contributed by atoms with Crippen molar-refractivity contribution in [2.24, 2.45) is 4.99 Å². The molecule has 1 aliphatic heterocycles. The molecule has 0 amide bonds. The average Bonchev–Trinajstić information content (AvgIpc) is 3.28. The highest BCUT2D eigenvalue weighted by Crippen LogP contribution is 2.33. The number of rotatable bonds is 6. The zero-order valence-corrected chi connectivity index (χ0v) is 15.9. The average molecular weight is 354 g/mol. The van der Waals surface area contributed by atoms with Gasteiger partial charge in [-0.3, -0.25) is 9.89 Å². The van der Waals surface area contributed by atoms with Gasteiger partial charge in [0, 0.05) is 49.6 Å². The van der Waals surface area contributed by atoms with Crippen molar-refractivity contribution in [1.82, 2.24) is 15.5 Å². The second-order valence-electron chi connectivity index (χ2n) is 7.62. The highest BCUT2D eigenvalue weighted by molar-refractivity contribution is 5.80. The lowest BCUT2D eigenvalue weighted by Crippen LogP contribution is -2.44. The summed E-state index contributed by atoms with van der Waals surface area (Å²) in [5.74, 6) is 1.93. The molecule has 2 heterocycles. The normalized spacial score (nSPS) is 24.3. The van der Waals surface area contributed by atoms with Gasteiger partial charge >= 0.3 is 0 Å². The quantitative estimate of drug-likeness (QED) is 0.618. The van der Waals surface area contributed by atoms with Crippen molar-refractivity contribution in [1.29, 1.82) is 0 Å². The summed E-state index contributed by atoms with van der Waals surface area (Å²) in [6, 6.07) is 12.3. The molecule has 140 valence electrons. The van der Waals surface area contributed by atoms with Crippen molar-refractivity contribution >= 4 is 16.9 Å². The van der Waals surface area contributed by atoms with E-state index in [0.717, 1.165) is 54.8 Å². The van der Waals surface area contributed by atoms with E-state index in [9.17, 15) is 0 Å². The third kappa shape index (κ3) is 4.04. The van der Waals surface area contributed by atoms with Gasteiger partial charge in [0.1, 0.15) is 11.3 Å². The van der Waals surface area contributed by atoms with Crippen molar-refractivity contribution in [2.45, 2.75) is 57.7 Å². The van der Waals surface area contributed by atoms with Gasteiger partial charge in [-0.25, -0.2) is 0 Å². The topological polar surface area (TPSA) is 52.8 Å². The molecule has 1 saturated carbocycles. The molecular formula is C21H30N4O. The molecule has 2 unspecified atom stereocenters. The lowest BCUT2D eigenvalue weighted by Gasteiger charge is -2.20. The van der Waals surface area contributed by atoms with E-state index in [2.05, 4.69) is 41.5 Å². The highest BCUT2D eigenvalue weighted by atomic mass is 16.3. The van der Waals surface area contributed by atoms with Crippen molar-refractivity contribution in [3.63, 3.8) is 0 Å². The van der Waals surface area contributed by atoms with Crippen LogP contribution in [0.5, 0.6) is 0 Å². The summed E-state index contributed by atoms with van der Waals surface area (Å²) >= 11 is 0. The van der Waals surface area contributed by atoms with E-state index in [1.807, 2.05) is 18.2 Å². The Balaban J connectivity index is 1.33. The fourth-order valence-electron chi connectivity index (χ4n) is 4.03. The molecule has 4 rings (SSSR count). The molecule has 1 aliphatic carbocycles. The van der Waals surface area contributed by atoms with E-state index in [4.69, 9.17) is 9.41 Å². The summed E-state index contributed by atoms with van der Waals surface area (Å²) in [6.07, 6.45) is 4.77. The van der Waals surface area contributed by atoms with Gasteiger partial charge < -0.3 is 15.1 Å². The van der Waals surface area contributed by atoms with Crippen LogP contribution in [0.15, 0.2) is 39.7 Å². The van der Waals surface area contributed by atoms with Crippen LogP contribution in [0.4, 0.5) is 0 Å². The Morgan fingerprint density at radius 3 is 2.92 bits per heavy atom. The summed E-state index contributed by atoms with van der Waals surface area (Å²) in [7, 11) is 0. The fraction of sp³-hybridized carbons (Fsp3) is 0.571. The first kappa shape index (κ1) is 17.4. The lowest BCUT2D eigenvalue weighted by molar-refractivity contribution is 0.256. The van der Waals surface area contributed by atoms with Gasteiger partial charge in [0.25, 0.3) is 0 Å². The van der Waals surface area contributed by atoms with Gasteiger partial charge in [0.15, 0.2) is 5.96 Å². The number of likely N-dealkylation sites (tertiary alicyclic amines) is 1. The van der Waals surface area contributed by atoms with Gasteiger partial charge in [0.2, 0.25) is 0 Å². The number of para-hydroxylation sites is 1. The predicted molar refractivity (Wildman–Crippen MR) is 107 cm³/mol. The van der Waals surface area contributed by atoms with Crippen LogP contribution < -0.4 is 10.6 Å². The van der Waals surface area contributed by atoms with Crippen LogP contribution in [0.1, 0.15) is 38.9 Å². The zero-order valence-electron chi connectivity index (χ0n) is 15.9. The summed E-state index contributed by atoms with van der Waals surface area (Å²) in [4.78, 5) is 7.43. The Morgan fingerprint density at radius 2 is 2.15 bits per heavy atom. The molecule has 0 spiro atoms. The molecule has 2 N–H and O–H groups in total. The van der Waals surface area contributed by atoms with Gasteiger partial charge in [-0.05, 0) is 45.2 Å². The molecule has 1 saturated heterocycles. The standard InChI is InChI=1S/C21H30N4O/c1-3-22-21(24-17-12-15(2)25(14-17)18-8-9-18)23-11-10-19-13-16-6-4-5-7-20(16)26-19/h4-7,13,15,17-18H,3,8-12,14H2,1-2H3,(H2,22,23,24). The summed E-state index contributed by atoms with van der Waals surface area (Å²) in [6.45, 7) is 7.21. The van der Waals surface area contributed by atoms with E-state index >= 15 is 0 Å². The minimum Gasteiger partial charge on any atom is -0.461 e. The van der Waals surface area contributed by atoms with Crippen LogP contribution in [-0.2, 0) is 6.42 Å². The molecule has 5 nitrogen and oxygen atoms in total. The van der Waals surface area contributed by atoms with Crippen LogP contribution >= 0.6 is 0 Å². The van der Waals surface area contributed by atoms with Crippen LogP contribution in [0, 0.1) is 0 Å². The maximum Gasteiger partial charge on any atom is 0.191 e. The van der Waals surface area contributed by atoms with Crippen molar-refractivity contribution in [3.8, 4) is 0 Å². The first-order valence-electron chi connectivity index (χ1n) is 10.0. The monoisotopic (exact) mass is 354 g/mol. The summed E-state index contributed by atoms with van der Waals surface area (Å²) in [5, 5.41) is 8.19. The van der Waals surface area contributed by atoms with Gasteiger partial charge in [-0.15, -0.1) is 0 Å². The Labute approximate surface area is 155 Å². The van der Waals surface area contributed by atoms with Crippen molar-refractivity contribution in [3.05, 3.63) is 36.1 Å². The number of aliphatic imine (C=N–C) groups is 1. The number of hydrogen-bond donors (Lipinski definition) is 2. The number of fused-ring (bicyclic) bond motifs is 1. The Kier molecular flexibility index (Phi) is 5.16. The summed E-state index contributed by atoms with van der Waals surface area (Å²) < 4.78 is 5.89. The molecule has 5 heteroatoms. The van der Waals surface area contributed by atoms with Crippen LogP contribution in [0.3, 0.4) is 0 Å². The molecule has 0 bridgehead atoms. The molecule has 1 aromatic carbocycles. The SMILES string of the molecule is CCNC(=NCCc1cc2ccccc2o1)NC1CC(C)N(C2CC2)C1. The maximum atomic E-state index is 5.89. The molecular weight excluding hydrogens is 324 g/mol. The van der Waals surface area contributed by atoms with Gasteiger partial charge in [-0.2, -0.15) is 0 Å². The van der Waals surface area contributed by atoms with E-state index in [1.54, 1.807) is 0 Å². The Morgan fingerprint density at radius 1 is 1.31 bits per heavy atom. The van der Waals surface area contributed by atoms with Crippen molar-refractivity contribution in [2.75, 3.05) is 19.6 Å². The number of hydrogen-bond acceptors (Lipinski definition) is 3. The smallest absolute Gasteiger partial charge is 0.191 e. The third-order valence-corrected chi connectivity index (χ3v) is 5.43. The number of guanidine groups is 1. The van der Waals surface area contributed by atoms with E-state index in [0.29, 0.717) is 12.1 Å². The molecule has 0 radical (unpaired) electrons. The van der Waals surface area contributed by atoms with Crippen molar-refractivity contribution < 1.29 is 4.42 Å². The minimum absolute atomic E-state index is 0.495. The van der Waals surface area contributed by atoms with E-state index < -0.39 is 0 Å². The lowest BCUT2D eigenvalue weighted by atomic mass is 10.2. The van der Waals surface area contributed by atoms with Crippen LogP contribution in [0.25, 0.3) is 11.0 Å². The van der Waals surface area contributed by atoms with Crippen LogP contribution in [-0.4, -0.2) is 48.6 Å². The second-order valence-corrected chi connectivity index (χ2v) is 7.62. The molecule has 2 atom stereocenters. The summed E-state index contributed by atoms with van der Waals surface area (Å²) in [5.41, 5.74) is 0.955. The van der Waals surface area contributed by atoms with E-state index in [1.165, 1.54) is 19.3 Å². The zero-order chi connectivity index (χ0) is 17.9. The largest absolute Gasteiger partial charge is 0.461 e. The molecule has 2 fully saturated rings. The fourth-order valence-corrected chi connectivity index (χ4v) is 4.03. The van der Waals surface area contributed by atoms with E-state index in [-0.39, 0.29) is 0 Å². The molecule has 26 heavy (non-hydrogen) atoms. The highest BCUT2D eigenvalue weighted by Gasteiger charge is 2.38. The number of benzene rings is 1. The molecule has 1 aromatic heterocycles. The second kappa shape index (κ2) is 7.70. The minimum atomic E-state index is 0.495. The predicted octanol–water partition coefficient (Wildman–Crippen LogP) is 3.16. The Bertz CT molecular complexity index is 731. The van der Waals surface area contributed by atoms with Crippen LogP contribution in [0.2, 0.25) is 0 Å². The maximum absolute atomic E-state index is 5.89.